The number of aromatic amines is 1. The van der Waals surface area contributed by atoms with Crippen LogP contribution in [0, 0.1) is 24.7 Å². The summed E-state index contributed by atoms with van der Waals surface area (Å²) in [4.78, 5) is 27.7. The van der Waals surface area contributed by atoms with E-state index >= 15 is 0 Å². The van der Waals surface area contributed by atoms with E-state index in [1.165, 1.54) is 0 Å². The number of hydrogen-bond donors (Lipinski definition) is 3. The maximum absolute atomic E-state index is 13.1. The van der Waals surface area contributed by atoms with Gasteiger partial charge in [0.05, 0.1) is 24.2 Å². The van der Waals surface area contributed by atoms with Crippen LogP contribution < -0.4 is 10.6 Å². The van der Waals surface area contributed by atoms with Crippen LogP contribution in [0.1, 0.15) is 62.4 Å². The average Bonchev–Trinajstić information content (AvgIpc) is 3.18. The third-order valence-electron chi connectivity index (χ3n) is 6.88. The fraction of sp³-hybridized carbons (Fsp3) is 0.522. The summed E-state index contributed by atoms with van der Waals surface area (Å²) < 4.78 is 0. The van der Waals surface area contributed by atoms with Gasteiger partial charge in [-0.3, -0.25) is 9.89 Å². The van der Waals surface area contributed by atoms with Gasteiger partial charge in [-0.05, 0) is 49.3 Å². The normalized spacial score (nSPS) is 17.3. The number of rotatable bonds is 3. The van der Waals surface area contributed by atoms with Gasteiger partial charge in [-0.1, -0.05) is 39.3 Å². The molecule has 2 aliphatic rings. The lowest BCUT2D eigenvalue weighted by Gasteiger charge is -2.49. The van der Waals surface area contributed by atoms with E-state index < -0.39 is 0 Å². The highest BCUT2D eigenvalue weighted by Gasteiger charge is 2.52. The Morgan fingerprint density at radius 1 is 1.13 bits per heavy atom. The standard InChI is InChI=1S/C23H31N5O2/c1-14-7-8-15(2)17(11-14)24-21(30)28-12-16-18(13-28)26-27-19(16)25-20(29)23(9-6-10-23)22(3,4)5/h7-8,11H,6,9-10,12-13H2,1-5H3,(H,24,30)(H2,25,26,27,29). The summed E-state index contributed by atoms with van der Waals surface area (Å²) in [7, 11) is 0. The van der Waals surface area contributed by atoms with Gasteiger partial charge in [-0.2, -0.15) is 5.10 Å². The molecule has 30 heavy (non-hydrogen) atoms. The van der Waals surface area contributed by atoms with Gasteiger partial charge in [0.15, 0.2) is 5.82 Å². The maximum Gasteiger partial charge on any atom is 0.322 e. The molecular formula is C23H31N5O2. The molecule has 0 spiro atoms. The van der Waals surface area contributed by atoms with E-state index in [1.54, 1.807) is 4.90 Å². The van der Waals surface area contributed by atoms with Crippen molar-refractivity contribution in [1.82, 2.24) is 15.1 Å². The zero-order chi connectivity index (χ0) is 21.7. The number of nitrogens with one attached hydrogen (secondary N) is 3. The summed E-state index contributed by atoms with van der Waals surface area (Å²) in [5, 5.41) is 13.4. The van der Waals surface area contributed by atoms with Gasteiger partial charge in [-0.15, -0.1) is 0 Å². The van der Waals surface area contributed by atoms with E-state index in [9.17, 15) is 9.59 Å². The highest BCUT2D eigenvalue weighted by atomic mass is 16.2. The number of carbonyl (C=O) groups excluding carboxylic acids is 2. The molecule has 1 aliphatic carbocycles. The fourth-order valence-electron chi connectivity index (χ4n) is 4.53. The van der Waals surface area contributed by atoms with Crippen molar-refractivity contribution >= 4 is 23.4 Å². The number of amides is 3. The molecule has 1 aromatic heterocycles. The molecule has 1 fully saturated rings. The van der Waals surface area contributed by atoms with Crippen molar-refractivity contribution in [2.75, 3.05) is 10.6 Å². The molecule has 4 rings (SSSR count). The predicted molar refractivity (Wildman–Crippen MR) is 117 cm³/mol. The quantitative estimate of drug-likeness (QED) is 0.684. The topological polar surface area (TPSA) is 90.1 Å². The van der Waals surface area contributed by atoms with Gasteiger partial charge < -0.3 is 15.5 Å². The third kappa shape index (κ3) is 3.36. The Hall–Kier alpha value is -2.83. The van der Waals surface area contributed by atoms with Crippen LogP contribution in [0.25, 0.3) is 0 Å². The minimum atomic E-state index is -0.350. The lowest BCUT2D eigenvalue weighted by molar-refractivity contribution is -0.139. The lowest BCUT2D eigenvalue weighted by Crippen LogP contribution is -2.51. The van der Waals surface area contributed by atoms with Gasteiger partial charge in [0.1, 0.15) is 0 Å². The highest BCUT2D eigenvalue weighted by Crippen LogP contribution is 2.54. The molecule has 3 amide bonds. The number of carbonyl (C=O) groups is 2. The summed E-state index contributed by atoms with van der Waals surface area (Å²) in [6.45, 7) is 11.2. The first-order valence-corrected chi connectivity index (χ1v) is 10.6. The largest absolute Gasteiger partial charge is 0.322 e. The van der Waals surface area contributed by atoms with Gasteiger partial charge in [-0.25, -0.2) is 4.79 Å². The van der Waals surface area contributed by atoms with E-state index in [0.717, 1.165) is 47.3 Å². The van der Waals surface area contributed by atoms with Gasteiger partial charge in [0, 0.05) is 11.3 Å². The Morgan fingerprint density at radius 2 is 1.87 bits per heavy atom. The van der Waals surface area contributed by atoms with Crippen LogP contribution in [0.2, 0.25) is 0 Å². The second-order valence-electron chi connectivity index (χ2n) is 9.77. The number of anilines is 2. The minimum Gasteiger partial charge on any atom is -0.314 e. The van der Waals surface area contributed by atoms with Crippen LogP contribution in [-0.2, 0) is 17.9 Å². The maximum atomic E-state index is 13.1. The van der Waals surface area contributed by atoms with Crippen molar-refractivity contribution in [3.8, 4) is 0 Å². The molecule has 2 heterocycles. The number of aryl methyl sites for hydroxylation is 2. The average molecular weight is 410 g/mol. The van der Waals surface area contributed by atoms with E-state index in [0.29, 0.717) is 18.9 Å². The third-order valence-corrected chi connectivity index (χ3v) is 6.88. The van der Waals surface area contributed by atoms with Crippen molar-refractivity contribution in [3.63, 3.8) is 0 Å². The number of urea groups is 1. The summed E-state index contributed by atoms with van der Waals surface area (Å²) in [6, 6.07) is 5.84. The SMILES string of the molecule is Cc1ccc(C)c(NC(=O)N2Cc3[nH]nc(NC(=O)C4(C(C)(C)C)CCC4)c3C2)c1. The van der Waals surface area contributed by atoms with Crippen LogP contribution in [0.4, 0.5) is 16.3 Å². The minimum absolute atomic E-state index is 0.0360. The molecule has 1 aromatic carbocycles. The first-order chi connectivity index (χ1) is 14.1. The second kappa shape index (κ2) is 7.15. The predicted octanol–water partition coefficient (Wildman–Crippen LogP) is 4.73. The van der Waals surface area contributed by atoms with E-state index in [1.807, 2.05) is 32.0 Å². The Morgan fingerprint density at radius 3 is 2.50 bits per heavy atom. The van der Waals surface area contributed by atoms with Crippen LogP contribution in [-0.4, -0.2) is 27.0 Å². The first kappa shape index (κ1) is 20.4. The summed E-state index contributed by atoms with van der Waals surface area (Å²) in [5.74, 6) is 0.585. The number of hydrogen-bond acceptors (Lipinski definition) is 3. The Kier molecular flexibility index (Phi) is 4.87. The Balaban J connectivity index is 1.45. The summed E-state index contributed by atoms with van der Waals surface area (Å²) in [6.07, 6.45) is 2.88. The Labute approximate surface area is 177 Å². The van der Waals surface area contributed by atoms with Gasteiger partial charge in [0.2, 0.25) is 5.91 Å². The number of H-pyrrole nitrogens is 1. The number of nitrogens with zero attached hydrogens (tertiary/aromatic N) is 2. The van der Waals surface area contributed by atoms with Crippen molar-refractivity contribution in [2.45, 2.75) is 67.0 Å². The number of fused-ring (bicyclic) bond motifs is 1. The monoisotopic (exact) mass is 409 g/mol. The molecular weight excluding hydrogens is 378 g/mol. The first-order valence-electron chi connectivity index (χ1n) is 10.6. The summed E-state index contributed by atoms with van der Waals surface area (Å²) in [5.41, 5.74) is 4.25. The smallest absolute Gasteiger partial charge is 0.314 e. The van der Waals surface area contributed by atoms with Crippen molar-refractivity contribution in [3.05, 3.63) is 40.6 Å². The second-order valence-corrected chi connectivity index (χ2v) is 9.77. The number of benzene rings is 1. The van der Waals surface area contributed by atoms with Crippen LogP contribution in [0.15, 0.2) is 18.2 Å². The van der Waals surface area contributed by atoms with Gasteiger partial charge in [0.25, 0.3) is 0 Å². The van der Waals surface area contributed by atoms with E-state index in [-0.39, 0.29) is 22.8 Å². The molecule has 3 N–H and O–H groups in total. The van der Waals surface area contributed by atoms with E-state index in [2.05, 4.69) is 41.6 Å². The van der Waals surface area contributed by atoms with E-state index in [4.69, 9.17) is 0 Å². The van der Waals surface area contributed by atoms with Crippen molar-refractivity contribution in [1.29, 1.82) is 0 Å². The fourth-order valence-corrected chi connectivity index (χ4v) is 4.53. The number of aromatic nitrogens is 2. The Bertz CT molecular complexity index is 998. The van der Waals surface area contributed by atoms with Gasteiger partial charge >= 0.3 is 6.03 Å². The molecule has 1 saturated carbocycles. The molecule has 7 nitrogen and oxygen atoms in total. The zero-order valence-corrected chi connectivity index (χ0v) is 18.5. The molecule has 2 aromatic rings. The van der Waals surface area contributed by atoms with Crippen LogP contribution in [0.5, 0.6) is 0 Å². The van der Waals surface area contributed by atoms with Crippen LogP contribution in [0.3, 0.4) is 0 Å². The van der Waals surface area contributed by atoms with Crippen LogP contribution >= 0.6 is 0 Å². The van der Waals surface area contributed by atoms with Crippen molar-refractivity contribution < 1.29 is 9.59 Å². The molecule has 160 valence electrons. The molecule has 1 aliphatic heterocycles. The zero-order valence-electron chi connectivity index (χ0n) is 18.5. The molecule has 0 bridgehead atoms. The molecule has 0 unspecified atom stereocenters. The van der Waals surface area contributed by atoms with Crippen molar-refractivity contribution in [2.24, 2.45) is 10.8 Å². The highest BCUT2D eigenvalue weighted by molar-refractivity contribution is 5.97. The lowest BCUT2D eigenvalue weighted by atomic mass is 9.54. The molecule has 0 saturated heterocycles. The molecule has 0 atom stereocenters. The summed E-state index contributed by atoms with van der Waals surface area (Å²) >= 11 is 0. The molecule has 0 radical (unpaired) electrons. The molecule has 7 heteroatoms.